The number of rotatable bonds is 2. The fourth-order valence-corrected chi connectivity index (χ4v) is 2.30. The number of nitrogens with zero attached hydrogens (tertiary/aromatic N) is 1. The number of aryl methyl sites for hydroxylation is 1. The SMILES string of the molecule is Cn1cc(Br)c2cc(CC(=O)O)ccc21. The third-order valence-electron chi connectivity index (χ3n) is 2.36. The van der Waals surface area contributed by atoms with Crippen LogP contribution in [0.15, 0.2) is 28.9 Å². The summed E-state index contributed by atoms with van der Waals surface area (Å²) < 4.78 is 3.00. The van der Waals surface area contributed by atoms with Crippen LogP contribution in [0, 0.1) is 0 Å². The minimum atomic E-state index is -0.804. The molecule has 1 N–H and O–H groups in total. The molecule has 0 radical (unpaired) electrons. The molecular weight excluding hydrogens is 258 g/mol. The van der Waals surface area contributed by atoms with Gasteiger partial charge in [-0.1, -0.05) is 6.07 Å². The first-order valence-electron chi connectivity index (χ1n) is 4.53. The second-order valence-electron chi connectivity index (χ2n) is 3.51. The highest BCUT2D eigenvalue weighted by atomic mass is 79.9. The Hall–Kier alpha value is -1.29. The maximum absolute atomic E-state index is 10.6. The van der Waals surface area contributed by atoms with E-state index in [9.17, 15) is 4.79 Å². The molecule has 4 heteroatoms. The Morgan fingerprint density at radius 2 is 2.27 bits per heavy atom. The molecule has 0 saturated heterocycles. The molecular formula is C11H10BrNO2. The van der Waals surface area contributed by atoms with Crippen LogP contribution in [0.1, 0.15) is 5.56 Å². The van der Waals surface area contributed by atoms with E-state index < -0.39 is 5.97 Å². The number of fused-ring (bicyclic) bond motifs is 1. The Balaban J connectivity index is 2.55. The maximum atomic E-state index is 10.6. The van der Waals surface area contributed by atoms with Crippen LogP contribution in [-0.2, 0) is 18.3 Å². The van der Waals surface area contributed by atoms with Gasteiger partial charge in [0.2, 0.25) is 0 Å². The van der Waals surface area contributed by atoms with Gasteiger partial charge in [-0.2, -0.15) is 0 Å². The Labute approximate surface area is 95.5 Å². The number of halogens is 1. The topological polar surface area (TPSA) is 42.2 Å². The number of hydrogen-bond donors (Lipinski definition) is 1. The molecule has 1 aromatic heterocycles. The number of aliphatic carboxylic acids is 1. The highest BCUT2D eigenvalue weighted by Crippen LogP contribution is 2.26. The molecule has 0 spiro atoms. The number of hydrogen-bond acceptors (Lipinski definition) is 1. The van der Waals surface area contributed by atoms with Crippen LogP contribution in [0.2, 0.25) is 0 Å². The van der Waals surface area contributed by atoms with Crippen molar-refractivity contribution in [2.45, 2.75) is 6.42 Å². The average Bonchev–Trinajstić information content (AvgIpc) is 2.41. The second-order valence-corrected chi connectivity index (χ2v) is 4.36. The molecule has 15 heavy (non-hydrogen) atoms. The number of carboxylic acid groups (broad SMARTS) is 1. The van der Waals surface area contributed by atoms with E-state index in [2.05, 4.69) is 15.9 Å². The summed E-state index contributed by atoms with van der Waals surface area (Å²) in [5.41, 5.74) is 1.91. The van der Waals surface area contributed by atoms with Crippen molar-refractivity contribution in [2.24, 2.45) is 7.05 Å². The molecule has 0 aliphatic heterocycles. The van der Waals surface area contributed by atoms with Crippen molar-refractivity contribution in [1.29, 1.82) is 0 Å². The van der Waals surface area contributed by atoms with Crippen LogP contribution < -0.4 is 0 Å². The van der Waals surface area contributed by atoms with Crippen molar-refractivity contribution in [3.05, 3.63) is 34.4 Å². The van der Waals surface area contributed by atoms with Crippen molar-refractivity contribution in [2.75, 3.05) is 0 Å². The summed E-state index contributed by atoms with van der Waals surface area (Å²) in [6.45, 7) is 0. The third-order valence-corrected chi connectivity index (χ3v) is 2.99. The highest BCUT2D eigenvalue weighted by molar-refractivity contribution is 9.10. The van der Waals surface area contributed by atoms with E-state index >= 15 is 0 Å². The van der Waals surface area contributed by atoms with Gasteiger partial charge in [-0.25, -0.2) is 0 Å². The number of carbonyl (C=O) groups is 1. The van der Waals surface area contributed by atoms with E-state index in [1.165, 1.54) is 0 Å². The van der Waals surface area contributed by atoms with E-state index in [1.54, 1.807) is 0 Å². The van der Waals surface area contributed by atoms with E-state index in [0.717, 1.165) is 20.9 Å². The molecule has 1 aromatic carbocycles. The van der Waals surface area contributed by atoms with Crippen LogP contribution in [-0.4, -0.2) is 15.6 Å². The third kappa shape index (κ3) is 1.90. The summed E-state index contributed by atoms with van der Waals surface area (Å²) >= 11 is 3.45. The van der Waals surface area contributed by atoms with Crippen LogP contribution in [0.4, 0.5) is 0 Å². The van der Waals surface area contributed by atoms with E-state index in [0.29, 0.717) is 0 Å². The van der Waals surface area contributed by atoms with E-state index in [4.69, 9.17) is 5.11 Å². The molecule has 78 valence electrons. The summed E-state index contributed by atoms with van der Waals surface area (Å²) in [5, 5.41) is 9.75. The van der Waals surface area contributed by atoms with Crippen molar-refractivity contribution in [1.82, 2.24) is 4.57 Å². The smallest absolute Gasteiger partial charge is 0.307 e. The highest BCUT2D eigenvalue weighted by Gasteiger charge is 2.06. The fraction of sp³-hybridized carbons (Fsp3) is 0.182. The molecule has 0 aliphatic rings. The molecule has 0 atom stereocenters. The first kappa shape index (κ1) is 10.2. The summed E-state index contributed by atoms with van der Waals surface area (Å²) in [6, 6.07) is 5.70. The van der Waals surface area contributed by atoms with Gasteiger partial charge in [0.1, 0.15) is 0 Å². The molecule has 0 amide bonds. The van der Waals surface area contributed by atoms with Gasteiger partial charge in [0.25, 0.3) is 0 Å². The zero-order valence-corrected chi connectivity index (χ0v) is 9.78. The Bertz CT molecular complexity index is 531. The monoisotopic (exact) mass is 267 g/mol. The first-order chi connectivity index (χ1) is 7.08. The lowest BCUT2D eigenvalue weighted by Crippen LogP contribution is -1.99. The van der Waals surface area contributed by atoms with Crippen molar-refractivity contribution in [3.8, 4) is 0 Å². The zero-order valence-electron chi connectivity index (χ0n) is 8.20. The quantitative estimate of drug-likeness (QED) is 0.909. The molecule has 2 rings (SSSR count). The second kappa shape index (κ2) is 3.70. The van der Waals surface area contributed by atoms with Crippen LogP contribution in [0.3, 0.4) is 0 Å². The van der Waals surface area contributed by atoms with Crippen LogP contribution >= 0.6 is 15.9 Å². The van der Waals surface area contributed by atoms with Gasteiger partial charge in [-0.3, -0.25) is 4.79 Å². The van der Waals surface area contributed by atoms with Crippen molar-refractivity contribution < 1.29 is 9.90 Å². The molecule has 0 saturated carbocycles. The molecule has 0 fully saturated rings. The van der Waals surface area contributed by atoms with Gasteiger partial charge in [-0.05, 0) is 33.6 Å². The minimum absolute atomic E-state index is 0.0667. The predicted molar refractivity (Wildman–Crippen MR) is 62.0 cm³/mol. The average molecular weight is 268 g/mol. The van der Waals surface area contributed by atoms with Gasteiger partial charge in [0.05, 0.1) is 6.42 Å². The van der Waals surface area contributed by atoms with Gasteiger partial charge >= 0.3 is 5.97 Å². The zero-order chi connectivity index (χ0) is 11.0. The Kier molecular flexibility index (Phi) is 2.52. The molecule has 0 aliphatic carbocycles. The van der Waals surface area contributed by atoms with E-state index in [-0.39, 0.29) is 6.42 Å². The molecule has 0 bridgehead atoms. The molecule has 1 heterocycles. The van der Waals surface area contributed by atoms with E-state index in [1.807, 2.05) is 36.0 Å². The maximum Gasteiger partial charge on any atom is 0.307 e. The normalized spacial score (nSPS) is 10.8. The summed E-state index contributed by atoms with van der Waals surface area (Å²) in [5.74, 6) is -0.804. The van der Waals surface area contributed by atoms with Gasteiger partial charge in [-0.15, -0.1) is 0 Å². The number of benzene rings is 1. The number of carboxylic acids is 1. The Morgan fingerprint density at radius 1 is 1.53 bits per heavy atom. The predicted octanol–water partition coefficient (Wildman–Crippen LogP) is 2.57. The lowest BCUT2D eigenvalue weighted by Gasteiger charge is -1.99. The van der Waals surface area contributed by atoms with Crippen molar-refractivity contribution in [3.63, 3.8) is 0 Å². The summed E-state index contributed by atoms with van der Waals surface area (Å²) in [6.07, 6.45) is 2.03. The van der Waals surface area contributed by atoms with Crippen LogP contribution in [0.25, 0.3) is 10.9 Å². The molecule has 0 unspecified atom stereocenters. The lowest BCUT2D eigenvalue weighted by atomic mass is 10.1. The van der Waals surface area contributed by atoms with Gasteiger partial charge in [0.15, 0.2) is 0 Å². The fourth-order valence-electron chi connectivity index (χ4n) is 1.68. The number of aromatic nitrogens is 1. The van der Waals surface area contributed by atoms with Gasteiger partial charge in [0, 0.05) is 28.6 Å². The first-order valence-corrected chi connectivity index (χ1v) is 5.32. The molecule has 2 aromatic rings. The van der Waals surface area contributed by atoms with Crippen molar-refractivity contribution >= 4 is 32.8 Å². The Morgan fingerprint density at radius 3 is 2.93 bits per heavy atom. The standard InChI is InChI=1S/C11H10BrNO2/c1-13-6-9(12)8-4-7(5-11(14)15)2-3-10(8)13/h2-4,6H,5H2,1H3,(H,14,15). The lowest BCUT2D eigenvalue weighted by molar-refractivity contribution is -0.136. The summed E-state index contributed by atoms with van der Waals surface area (Å²) in [7, 11) is 1.96. The summed E-state index contributed by atoms with van der Waals surface area (Å²) in [4.78, 5) is 10.6. The molecule has 3 nitrogen and oxygen atoms in total. The van der Waals surface area contributed by atoms with Gasteiger partial charge < -0.3 is 9.67 Å². The van der Waals surface area contributed by atoms with Crippen LogP contribution in [0.5, 0.6) is 0 Å². The minimum Gasteiger partial charge on any atom is -0.481 e. The largest absolute Gasteiger partial charge is 0.481 e.